The molecule has 0 atom stereocenters. The first-order valence-electron chi connectivity index (χ1n) is 7.47. The maximum Gasteiger partial charge on any atom is 0.358 e. The third-order valence-electron chi connectivity index (χ3n) is 3.41. The van der Waals surface area contributed by atoms with Crippen molar-refractivity contribution in [2.24, 2.45) is 0 Å². The van der Waals surface area contributed by atoms with Crippen molar-refractivity contribution in [2.45, 2.75) is 6.61 Å². The molecule has 0 aliphatic heterocycles. The minimum atomic E-state index is -0.499. The van der Waals surface area contributed by atoms with E-state index in [0.29, 0.717) is 17.2 Å². The highest BCUT2D eigenvalue weighted by molar-refractivity contribution is 7.13. The van der Waals surface area contributed by atoms with Gasteiger partial charge in [-0.15, -0.1) is 11.3 Å². The van der Waals surface area contributed by atoms with Gasteiger partial charge in [-0.05, 0) is 12.1 Å². The molecule has 4 aromatic rings. The molecule has 0 spiro atoms. The topological polar surface area (TPSA) is 78.4 Å². The van der Waals surface area contributed by atoms with Crippen LogP contribution in [0.3, 0.4) is 0 Å². The number of furan rings is 1. The Morgan fingerprint density at radius 2 is 2.00 bits per heavy atom. The zero-order valence-electron chi connectivity index (χ0n) is 12.9. The molecule has 0 aliphatic rings. The van der Waals surface area contributed by atoms with Gasteiger partial charge in [-0.25, -0.2) is 9.78 Å². The third-order valence-corrected chi connectivity index (χ3v) is 4.30. The molecule has 7 heteroatoms. The van der Waals surface area contributed by atoms with E-state index < -0.39 is 5.97 Å². The van der Waals surface area contributed by atoms with Gasteiger partial charge in [0.15, 0.2) is 11.5 Å². The molecule has 0 aliphatic carbocycles. The highest BCUT2D eigenvalue weighted by Crippen LogP contribution is 2.24. The number of hydrogen-bond donors (Lipinski definition) is 0. The number of aromatic nitrogens is 2. The first-order valence-corrected chi connectivity index (χ1v) is 8.35. The van der Waals surface area contributed by atoms with Crippen LogP contribution in [0.5, 0.6) is 0 Å². The number of carbonyl (C=O) groups excluding carboxylic acids is 1. The van der Waals surface area contributed by atoms with Gasteiger partial charge in [0.2, 0.25) is 5.76 Å². The van der Waals surface area contributed by atoms with E-state index in [4.69, 9.17) is 13.7 Å². The summed E-state index contributed by atoms with van der Waals surface area (Å²) in [6.07, 6.45) is 1.55. The summed E-state index contributed by atoms with van der Waals surface area (Å²) in [5, 5.41) is 6.32. The summed E-state index contributed by atoms with van der Waals surface area (Å²) in [6, 6.07) is 14.9. The Hall–Kier alpha value is -3.19. The molecule has 4 rings (SSSR count). The number of esters is 1. The average Bonchev–Trinajstić information content (AvgIpc) is 3.41. The zero-order valence-corrected chi connectivity index (χ0v) is 13.7. The van der Waals surface area contributed by atoms with Crippen LogP contribution in [-0.4, -0.2) is 16.1 Å². The molecule has 0 N–H and O–H groups in total. The van der Waals surface area contributed by atoms with E-state index in [1.165, 1.54) is 11.3 Å². The molecule has 25 heavy (non-hydrogen) atoms. The van der Waals surface area contributed by atoms with Crippen LogP contribution in [0, 0.1) is 0 Å². The maximum atomic E-state index is 12.1. The average molecular weight is 352 g/mol. The number of thiazole rings is 1. The highest BCUT2D eigenvalue weighted by atomic mass is 32.1. The molecular formula is C18H12N2O4S. The molecule has 3 heterocycles. The van der Waals surface area contributed by atoms with Crippen molar-refractivity contribution < 1.29 is 18.5 Å². The summed E-state index contributed by atoms with van der Waals surface area (Å²) < 4.78 is 15.6. The van der Waals surface area contributed by atoms with E-state index in [1.807, 2.05) is 30.3 Å². The van der Waals surface area contributed by atoms with Crippen molar-refractivity contribution in [2.75, 3.05) is 0 Å². The molecule has 1 aromatic carbocycles. The van der Waals surface area contributed by atoms with E-state index in [0.717, 1.165) is 10.6 Å². The van der Waals surface area contributed by atoms with Crippen LogP contribution in [-0.2, 0) is 11.3 Å². The van der Waals surface area contributed by atoms with Gasteiger partial charge in [-0.3, -0.25) is 0 Å². The van der Waals surface area contributed by atoms with Crippen LogP contribution in [0.2, 0.25) is 0 Å². The number of benzene rings is 1. The standard InChI is InChI=1S/C18H12N2O4S/c21-18(14-11-25-17(19-14)12-5-2-1-3-6-12)23-10-13-9-16(24-20-13)15-7-4-8-22-15/h1-9,11H,10H2. The van der Waals surface area contributed by atoms with Gasteiger partial charge in [0.25, 0.3) is 0 Å². The molecule has 0 saturated carbocycles. The van der Waals surface area contributed by atoms with Crippen LogP contribution >= 0.6 is 11.3 Å². The van der Waals surface area contributed by atoms with Crippen molar-refractivity contribution in [3.63, 3.8) is 0 Å². The van der Waals surface area contributed by atoms with Crippen LogP contribution in [0.15, 0.2) is 69.1 Å². The van der Waals surface area contributed by atoms with Gasteiger partial charge in [-0.1, -0.05) is 35.5 Å². The quantitative estimate of drug-likeness (QED) is 0.495. The molecule has 0 amide bonds. The number of rotatable bonds is 5. The van der Waals surface area contributed by atoms with Crippen LogP contribution < -0.4 is 0 Å². The molecule has 0 fully saturated rings. The monoisotopic (exact) mass is 352 g/mol. The largest absolute Gasteiger partial charge is 0.461 e. The fraction of sp³-hybridized carbons (Fsp3) is 0.0556. The maximum absolute atomic E-state index is 12.1. The van der Waals surface area contributed by atoms with Gasteiger partial charge >= 0.3 is 5.97 Å². The van der Waals surface area contributed by atoms with E-state index >= 15 is 0 Å². The Balaban J connectivity index is 1.40. The van der Waals surface area contributed by atoms with Gasteiger partial charge < -0.3 is 13.7 Å². The smallest absolute Gasteiger partial charge is 0.358 e. The number of hydrogen-bond acceptors (Lipinski definition) is 7. The summed E-state index contributed by atoms with van der Waals surface area (Å²) >= 11 is 1.40. The van der Waals surface area contributed by atoms with Crippen molar-refractivity contribution in [1.82, 2.24) is 10.1 Å². The minimum absolute atomic E-state index is 0.00123. The molecule has 0 saturated heterocycles. The fourth-order valence-electron chi connectivity index (χ4n) is 2.21. The normalized spacial score (nSPS) is 10.7. The Bertz CT molecular complexity index is 974. The number of ether oxygens (including phenoxy) is 1. The van der Waals surface area contributed by atoms with Gasteiger partial charge in [0.1, 0.15) is 17.3 Å². The molecule has 124 valence electrons. The predicted molar refractivity (Wildman–Crippen MR) is 90.9 cm³/mol. The second-order valence-electron chi connectivity index (χ2n) is 5.14. The lowest BCUT2D eigenvalue weighted by atomic mass is 10.2. The Kier molecular flexibility index (Phi) is 4.14. The summed E-state index contributed by atoms with van der Waals surface area (Å²) in [5.74, 6) is 0.550. The van der Waals surface area contributed by atoms with Crippen molar-refractivity contribution >= 4 is 17.3 Å². The molecule has 0 radical (unpaired) electrons. The summed E-state index contributed by atoms with van der Waals surface area (Å²) in [7, 11) is 0. The minimum Gasteiger partial charge on any atom is -0.461 e. The van der Waals surface area contributed by atoms with E-state index in [-0.39, 0.29) is 12.3 Å². The van der Waals surface area contributed by atoms with Gasteiger partial charge in [0.05, 0.1) is 6.26 Å². The summed E-state index contributed by atoms with van der Waals surface area (Å²) in [6.45, 7) is 0.00123. The zero-order chi connectivity index (χ0) is 17.1. The third kappa shape index (κ3) is 3.36. The number of carbonyl (C=O) groups is 1. The Morgan fingerprint density at radius 1 is 1.12 bits per heavy atom. The Labute approximate surface area is 146 Å². The van der Waals surface area contributed by atoms with Gasteiger partial charge in [-0.2, -0.15) is 0 Å². The summed E-state index contributed by atoms with van der Waals surface area (Å²) in [5.41, 5.74) is 1.74. The lowest BCUT2D eigenvalue weighted by molar-refractivity contribution is 0.0458. The molecular weight excluding hydrogens is 340 g/mol. The fourth-order valence-corrected chi connectivity index (χ4v) is 3.00. The predicted octanol–water partition coefficient (Wildman–Crippen LogP) is 4.42. The number of nitrogens with zero attached hydrogens (tertiary/aromatic N) is 2. The van der Waals surface area contributed by atoms with Crippen molar-refractivity contribution in [3.05, 3.63) is 71.6 Å². The van der Waals surface area contributed by atoms with Crippen LogP contribution in [0.1, 0.15) is 16.2 Å². The van der Waals surface area contributed by atoms with Crippen molar-refractivity contribution in [3.8, 4) is 22.1 Å². The second kappa shape index (κ2) is 6.74. The first-order chi connectivity index (χ1) is 12.3. The Morgan fingerprint density at radius 3 is 2.80 bits per heavy atom. The second-order valence-corrected chi connectivity index (χ2v) is 6.00. The van der Waals surface area contributed by atoms with E-state index in [9.17, 15) is 4.79 Å². The van der Waals surface area contributed by atoms with E-state index in [1.54, 1.807) is 29.8 Å². The first kappa shape index (κ1) is 15.3. The molecule has 0 bridgehead atoms. The lowest BCUT2D eigenvalue weighted by Gasteiger charge is -1.99. The summed E-state index contributed by atoms with van der Waals surface area (Å²) in [4.78, 5) is 16.5. The molecule has 3 aromatic heterocycles. The van der Waals surface area contributed by atoms with Crippen LogP contribution in [0.4, 0.5) is 0 Å². The van der Waals surface area contributed by atoms with Crippen molar-refractivity contribution in [1.29, 1.82) is 0 Å². The SMILES string of the molecule is O=C(OCc1cc(-c2ccco2)on1)c1csc(-c2ccccc2)n1. The highest BCUT2D eigenvalue weighted by Gasteiger charge is 2.15. The van der Waals surface area contributed by atoms with Gasteiger partial charge in [0, 0.05) is 17.0 Å². The lowest BCUT2D eigenvalue weighted by Crippen LogP contribution is -2.05. The van der Waals surface area contributed by atoms with E-state index in [2.05, 4.69) is 10.1 Å². The molecule has 6 nitrogen and oxygen atoms in total. The molecule has 0 unspecified atom stereocenters. The van der Waals surface area contributed by atoms with Crippen LogP contribution in [0.25, 0.3) is 22.1 Å².